The summed E-state index contributed by atoms with van der Waals surface area (Å²) in [5, 5.41) is 2.97. The molecule has 23 heavy (non-hydrogen) atoms. The SMILES string of the molecule is CSCC[C@H](N)C(=O)NC(C)c1ccc(OCCC(C)C)cc1. The number of nitrogens with one attached hydrogen (secondary N) is 1. The first kappa shape index (κ1) is 19.8. The van der Waals surface area contributed by atoms with Crippen molar-refractivity contribution in [1.29, 1.82) is 0 Å². The molecule has 0 heterocycles. The lowest BCUT2D eigenvalue weighted by Gasteiger charge is -2.18. The summed E-state index contributed by atoms with van der Waals surface area (Å²) in [6.45, 7) is 7.06. The summed E-state index contributed by atoms with van der Waals surface area (Å²) in [7, 11) is 0. The van der Waals surface area contributed by atoms with E-state index in [1.54, 1.807) is 11.8 Å². The Balaban J connectivity index is 2.47. The predicted molar refractivity (Wildman–Crippen MR) is 98.9 cm³/mol. The van der Waals surface area contributed by atoms with Crippen LogP contribution in [0.5, 0.6) is 5.75 Å². The molecule has 0 spiro atoms. The van der Waals surface area contributed by atoms with Crippen LogP contribution in [0, 0.1) is 5.92 Å². The zero-order valence-corrected chi connectivity index (χ0v) is 15.5. The lowest BCUT2D eigenvalue weighted by atomic mass is 10.1. The largest absolute Gasteiger partial charge is 0.494 e. The van der Waals surface area contributed by atoms with E-state index in [0.29, 0.717) is 12.3 Å². The predicted octanol–water partition coefficient (Wildman–Crippen LogP) is 3.37. The van der Waals surface area contributed by atoms with Crippen LogP contribution in [-0.2, 0) is 4.79 Å². The Kier molecular flexibility index (Phi) is 9.10. The van der Waals surface area contributed by atoms with Crippen molar-refractivity contribution in [3.8, 4) is 5.75 Å². The average Bonchev–Trinajstić information content (AvgIpc) is 2.52. The molecule has 2 atom stereocenters. The zero-order valence-electron chi connectivity index (χ0n) is 14.7. The van der Waals surface area contributed by atoms with Crippen LogP contribution in [0.4, 0.5) is 0 Å². The van der Waals surface area contributed by atoms with Gasteiger partial charge in [0.15, 0.2) is 0 Å². The molecule has 4 nitrogen and oxygen atoms in total. The van der Waals surface area contributed by atoms with E-state index >= 15 is 0 Å². The van der Waals surface area contributed by atoms with Gasteiger partial charge in [-0.15, -0.1) is 0 Å². The van der Waals surface area contributed by atoms with Crippen molar-refractivity contribution < 1.29 is 9.53 Å². The van der Waals surface area contributed by atoms with Crippen LogP contribution < -0.4 is 15.8 Å². The van der Waals surface area contributed by atoms with Gasteiger partial charge in [0.1, 0.15) is 5.75 Å². The molecule has 0 saturated heterocycles. The highest BCUT2D eigenvalue weighted by Gasteiger charge is 2.16. The lowest BCUT2D eigenvalue weighted by Crippen LogP contribution is -2.41. The third kappa shape index (κ3) is 7.75. The number of hydrogen-bond acceptors (Lipinski definition) is 4. The van der Waals surface area contributed by atoms with Gasteiger partial charge in [-0.05, 0) is 55.4 Å². The van der Waals surface area contributed by atoms with Gasteiger partial charge in [-0.25, -0.2) is 0 Å². The van der Waals surface area contributed by atoms with Crippen molar-refractivity contribution in [1.82, 2.24) is 5.32 Å². The molecule has 1 unspecified atom stereocenters. The zero-order chi connectivity index (χ0) is 17.2. The van der Waals surface area contributed by atoms with Gasteiger partial charge in [0.25, 0.3) is 0 Å². The Hall–Kier alpha value is -1.20. The number of rotatable bonds is 10. The monoisotopic (exact) mass is 338 g/mol. The van der Waals surface area contributed by atoms with Crippen molar-refractivity contribution in [3.63, 3.8) is 0 Å². The van der Waals surface area contributed by atoms with Crippen LogP contribution in [-0.4, -0.2) is 30.6 Å². The van der Waals surface area contributed by atoms with Gasteiger partial charge in [-0.1, -0.05) is 26.0 Å². The molecule has 0 saturated carbocycles. The van der Waals surface area contributed by atoms with Crippen molar-refractivity contribution in [2.75, 3.05) is 18.6 Å². The van der Waals surface area contributed by atoms with E-state index in [0.717, 1.165) is 30.1 Å². The molecule has 0 aromatic heterocycles. The summed E-state index contributed by atoms with van der Waals surface area (Å²) in [5.41, 5.74) is 6.94. The number of benzene rings is 1. The van der Waals surface area contributed by atoms with E-state index < -0.39 is 6.04 Å². The number of thioether (sulfide) groups is 1. The minimum Gasteiger partial charge on any atom is -0.494 e. The number of carbonyl (C=O) groups is 1. The number of nitrogens with two attached hydrogens (primary N) is 1. The van der Waals surface area contributed by atoms with Crippen molar-refractivity contribution in [2.45, 2.75) is 45.7 Å². The van der Waals surface area contributed by atoms with Gasteiger partial charge >= 0.3 is 0 Å². The second-order valence-electron chi connectivity index (χ2n) is 6.22. The summed E-state index contributed by atoms with van der Waals surface area (Å²) in [5.74, 6) is 2.30. The molecule has 0 aliphatic rings. The maximum atomic E-state index is 12.0. The summed E-state index contributed by atoms with van der Waals surface area (Å²) < 4.78 is 5.71. The number of carbonyl (C=O) groups excluding carboxylic acids is 1. The normalized spacial score (nSPS) is 13.7. The minimum atomic E-state index is -0.441. The smallest absolute Gasteiger partial charge is 0.237 e. The molecule has 0 radical (unpaired) electrons. The van der Waals surface area contributed by atoms with Crippen LogP contribution in [0.2, 0.25) is 0 Å². The van der Waals surface area contributed by atoms with Gasteiger partial charge in [0.2, 0.25) is 5.91 Å². The quantitative estimate of drug-likeness (QED) is 0.686. The summed E-state index contributed by atoms with van der Waals surface area (Å²) in [6, 6.07) is 7.38. The molecule has 130 valence electrons. The second-order valence-corrected chi connectivity index (χ2v) is 7.20. The highest BCUT2D eigenvalue weighted by atomic mass is 32.2. The molecule has 0 fully saturated rings. The fourth-order valence-electron chi connectivity index (χ4n) is 2.04. The average molecular weight is 339 g/mol. The standard InChI is InChI=1S/C18H30N2O2S/c1-13(2)9-11-22-16-7-5-15(6-8-16)14(3)20-18(21)17(19)10-12-23-4/h5-8,13-14,17H,9-12,19H2,1-4H3,(H,20,21)/t14?,17-/m0/s1. The first-order valence-electron chi connectivity index (χ1n) is 8.21. The fourth-order valence-corrected chi connectivity index (χ4v) is 2.53. The maximum Gasteiger partial charge on any atom is 0.237 e. The molecule has 0 aliphatic carbocycles. The van der Waals surface area contributed by atoms with E-state index in [-0.39, 0.29) is 11.9 Å². The molecule has 1 amide bonds. The van der Waals surface area contributed by atoms with Crippen molar-refractivity contribution in [3.05, 3.63) is 29.8 Å². The number of ether oxygens (including phenoxy) is 1. The van der Waals surface area contributed by atoms with Crippen molar-refractivity contribution >= 4 is 17.7 Å². The number of amides is 1. The summed E-state index contributed by atoms with van der Waals surface area (Å²) in [4.78, 5) is 12.0. The first-order valence-corrected chi connectivity index (χ1v) is 9.61. The maximum absolute atomic E-state index is 12.0. The Morgan fingerprint density at radius 2 is 1.87 bits per heavy atom. The highest BCUT2D eigenvalue weighted by Crippen LogP contribution is 2.18. The van der Waals surface area contributed by atoms with Crippen LogP contribution in [0.1, 0.15) is 45.2 Å². The molecular weight excluding hydrogens is 308 g/mol. The Morgan fingerprint density at radius 3 is 2.43 bits per heavy atom. The molecule has 1 aromatic carbocycles. The van der Waals surface area contributed by atoms with Gasteiger partial charge in [0, 0.05) is 0 Å². The first-order chi connectivity index (χ1) is 10.9. The Morgan fingerprint density at radius 1 is 1.22 bits per heavy atom. The van der Waals surface area contributed by atoms with E-state index in [1.807, 2.05) is 37.4 Å². The lowest BCUT2D eigenvalue weighted by molar-refractivity contribution is -0.123. The van der Waals surface area contributed by atoms with Crippen LogP contribution in [0.3, 0.4) is 0 Å². The van der Waals surface area contributed by atoms with E-state index in [2.05, 4.69) is 19.2 Å². The molecule has 1 rings (SSSR count). The van der Waals surface area contributed by atoms with Gasteiger partial charge in [0.05, 0.1) is 18.7 Å². The number of hydrogen-bond donors (Lipinski definition) is 2. The molecule has 5 heteroatoms. The summed E-state index contributed by atoms with van der Waals surface area (Å²) in [6.07, 6.45) is 3.75. The minimum absolute atomic E-state index is 0.0625. The van der Waals surface area contributed by atoms with Crippen LogP contribution >= 0.6 is 11.8 Å². The molecule has 0 bridgehead atoms. The topological polar surface area (TPSA) is 64.4 Å². The van der Waals surface area contributed by atoms with E-state index in [4.69, 9.17) is 10.5 Å². The second kappa shape index (κ2) is 10.6. The van der Waals surface area contributed by atoms with Crippen LogP contribution in [0.15, 0.2) is 24.3 Å². The Bertz CT molecular complexity index is 463. The van der Waals surface area contributed by atoms with E-state index in [1.165, 1.54) is 0 Å². The third-order valence-electron chi connectivity index (χ3n) is 3.67. The Labute approximate surface area is 144 Å². The van der Waals surface area contributed by atoms with Crippen LogP contribution in [0.25, 0.3) is 0 Å². The van der Waals surface area contributed by atoms with Gasteiger partial charge in [-0.3, -0.25) is 4.79 Å². The summed E-state index contributed by atoms with van der Waals surface area (Å²) >= 11 is 1.70. The molecular formula is C18H30N2O2S. The fraction of sp³-hybridized carbons (Fsp3) is 0.611. The van der Waals surface area contributed by atoms with Gasteiger partial charge in [-0.2, -0.15) is 11.8 Å². The third-order valence-corrected chi connectivity index (χ3v) is 4.32. The van der Waals surface area contributed by atoms with Crippen molar-refractivity contribution in [2.24, 2.45) is 11.7 Å². The van der Waals surface area contributed by atoms with E-state index in [9.17, 15) is 4.79 Å². The molecule has 3 N–H and O–H groups in total. The molecule has 0 aliphatic heterocycles. The van der Waals surface area contributed by atoms with Gasteiger partial charge < -0.3 is 15.8 Å². The molecule has 1 aromatic rings. The highest BCUT2D eigenvalue weighted by molar-refractivity contribution is 7.98.